The van der Waals surface area contributed by atoms with Crippen LogP contribution in [0.4, 0.5) is 4.39 Å². The van der Waals surface area contributed by atoms with Crippen LogP contribution in [0.1, 0.15) is 55.4 Å². The third kappa shape index (κ3) is 6.16. The molecular formula is C32H38FNO3. The normalized spacial score (nSPS) is 17.6. The molecule has 0 radical (unpaired) electrons. The highest BCUT2D eigenvalue weighted by Gasteiger charge is 2.24. The van der Waals surface area contributed by atoms with Gasteiger partial charge in [0, 0.05) is 19.6 Å². The molecule has 1 saturated heterocycles. The highest BCUT2D eigenvalue weighted by Crippen LogP contribution is 2.41. The Kier molecular flexibility index (Phi) is 8.88. The molecule has 0 saturated carbocycles. The summed E-state index contributed by atoms with van der Waals surface area (Å²) in [6.45, 7) is 2.35. The summed E-state index contributed by atoms with van der Waals surface area (Å²) >= 11 is 0. The van der Waals surface area contributed by atoms with Gasteiger partial charge in [-0.05, 0) is 102 Å². The van der Waals surface area contributed by atoms with E-state index < -0.39 is 0 Å². The van der Waals surface area contributed by atoms with E-state index in [-0.39, 0.29) is 20.2 Å². The van der Waals surface area contributed by atoms with Crippen LogP contribution >= 0.6 is 0 Å². The van der Waals surface area contributed by atoms with Crippen molar-refractivity contribution in [1.82, 2.24) is 4.90 Å². The van der Waals surface area contributed by atoms with Crippen molar-refractivity contribution in [2.24, 2.45) is 0 Å². The first kappa shape index (κ1) is 26.7. The SMILES string of the molecule is C.COc1ccc(C2=C(c3ccc(O[C@H]4CCN(CCCF)C4)cc3)c3ccc(O)cc3CCC2)cc1. The van der Waals surface area contributed by atoms with Crippen molar-refractivity contribution in [3.8, 4) is 17.2 Å². The van der Waals surface area contributed by atoms with Gasteiger partial charge in [0.05, 0.1) is 13.8 Å². The predicted octanol–water partition coefficient (Wildman–Crippen LogP) is 7.15. The molecule has 1 fully saturated rings. The molecule has 1 aliphatic carbocycles. The molecular weight excluding hydrogens is 465 g/mol. The molecule has 196 valence electrons. The lowest BCUT2D eigenvalue weighted by Crippen LogP contribution is -2.26. The molecule has 3 aromatic rings. The first-order chi connectivity index (χ1) is 17.6. The van der Waals surface area contributed by atoms with Gasteiger partial charge in [0.1, 0.15) is 23.4 Å². The van der Waals surface area contributed by atoms with E-state index in [0.717, 1.165) is 62.4 Å². The molecule has 0 bridgehead atoms. The number of phenols is 1. The van der Waals surface area contributed by atoms with Gasteiger partial charge in [0.15, 0.2) is 0 Å². The molecule has 0 aromatic heterocycles. The number of aryl methyl sites for hydroxylation is 1. The van der Waals surface area contributed by atoms with E-state index in [0.29, 0.717) is 12.2 Å². The van der Waals surface area contributed by atoms with E-state index in [9.17, 15) is 9.50 Å². The molecule has 1 N–H and O–H groups in total. The van der Waals surface area contributed by atoms with Crippen LogP contribution in [-0.4, -0.2) is 49.5 Å². The second-order valence-corrected chi connectivity index (χ2v) is 9.67. The Bertz CT molecular complexity index is 1200. The number of hydrogen-bond donors (Lipinski definition) is 1. The molecule has 4 nitrogen and oxygen atoms in total. The maximum absolute atomic E-state index is 12.5. The fourth-order valence-electron chi connectivity index (χ4n) is 5.46. The molecule has 0 spiro atoms. The second-order valence-electron chi connectivity index (χ2n) is 9.67. The smallest absolute Gasteiger partial charge is 0.119 e. The third-order valence-electron chi connectivity index (χ3n) is 7.25. The Morgan fingerprint density at radius 1 is 0.946 bits per heavy atom. The second kappa shape index (κ2) is 12.3. The molecule has 1 atom stereocenters. The minimum absolute atomic E-state index is 0. The highest BCUT2D eigenvalue weighted by molar-refractivity contribution is 6.00. The number of likely N-dealkylation sites (tertiary alicyclic amines) is 1. The Balaban J connectivity index is 0.00000320. The lowest BCUT2D eigenvalue weighted by molar-refractivity contribution is 0.198. The first-order valence-corrected chi connectivity index (χ1v) is 12.9. The topological polar surface area (TPSA) is 41.9 Å². The van der Waals surface area contributed by atoms with Crippen molar-refractivity contribution in [2.45, 2.75) is 45.6 Å². The molecule has 2 aliphatic rings. The number of rotatable bonds is 8. The lowest BCUT2D eigenvalue weighted by Gasteiger charge is -2.19. The zero-order valence-corrected chi connectivity index (χ0v) is 20.9. The Labute approximate surface area is 220 Å². The van der Waals surface area contributed by atoms with Gasteiger partial charge in [-0.15, -0.1) is 0 Å². The number of halogens is 1. The van der Waals surface area contributed by atoms with Gasteiger partial charge >= 0.3 is 0 Å². The summed E-state index contributed by atoms with van der Waals surface area (Å²) in [5.74, 6) is 2.01. The van der Waals surface area contributed by atoms with Crippen LogP contribution in [0.15, 0.2) is 66.7 Å². The predicted molar refractivity (Wildman–Crippen MR) is 149 cm³/mol. The number of fused-ring (bicyclic) bond motifs is 1. The largest absolute Gasteiger partial charge is 0.508 e. The number of phenolic OH excluding ortho intramolecular Hbond substituents is 1. The molecule has 0 unspecified atom stereocenters. The van der Waals surface area contributed by atoms with E-state index in [1.165, 1.54) is 27.8 Å². The zero-order valence-electron chi connectivity index (χ0n) is 20.9. The number of ether oxygens (including phenoxy) is 2. The van der Waals surface area contributed by atoms with Crippen LogP contribution in [0.25, 0.3) is 11.1 Å². The van der Waals surface area contributed by atoms with Gasteiger partial charge in [-0.2, -0.15) is 0 Å². The van der Waals surface area contributed by atoms with E-state index in [2.05, 4.69) is 41.3 Å². The summed E-state index contributed by atoms with van der Waals surface area (Å²) in [5, 5.41) is 10.1. The molecule has 5 rings (SSSR count). The number of hydrogen-bond acceptors (Lipinski definition) is 4. The summed E-state index contributed by atoms with van der Waals surface area (Å²) in [7, 11) is 1.69. The molecule has 37 heavy (non-hydrogen) atoms. The fraction of sp³-hybridized carbons (Fsp3) is 0.375. The number of methoxy groups -OCH3 is 1. The van der Waals surface area contributed by atoms with Crippen LogP contribution in [0.3, 0.4) is 0 Å². The van der Waals surface area contributed by atoms with Crippen LogP contribution in [0.2, 0.25) is 0 Å². The van der Waals surface area contributed by atoms with Crippen LogP contribution in [-0.2, 0) is 6.42 Å². The Morgan fingerprint density at radius 3 is 2.41 bits per heavy atom. The molecule has 5 heteroatoms. The van der Waals surface area contributed by atoms with Gasteiger partial charge in [-0.1, -0.05) is 37.8 Å². The maximum atomic E-state index is 12.5. The van der Waals surface area contributed by atoms with Gasteiger partial charge in [0.25, 0.3) is 0 Å². The fourth-order valence-corrected chi connectivity index (χ4v) is 5.46. The van der Waals surface area contributed by atoms with Crippen LogP contribution in [0, 0.1) is 0 Å². The maximum Gasteiger partial charge on any atom is 0.119 e. The summed E-state index contributed by atoms with van der Waals surface area (Å²) in [6.07, 6.45) is 4.60. The molecule has 1 aliphatic heterocycles. The van der Waals surface area contributed by atoms with Gasteiger partial charge < -0.3 is 14.6 Å². The van der Waals surface area contributed by atoms with Crippen LogP contribution in [0.5, 0.6) is 17.2 Å². The lowest BCUT2D eigenvalue weighted by atomic mass is 9.88. The van der Waals surface area contributed by atoms with Gasteiger partial charge in [-0.25, -0.2) is 0 Å². The minimum atomic E-state index is -0.263. The number of alkyl halides is 1. The van der Waals surface area contributed by atoms with E-state index in [1.54, 1.807) is 13.2 Å². The van der Waals surface area contributed by atoms with E-state index in [4.69, 9.17) is 9.47 Å². The van der Waals surface area contributed by atoms with Gasteiger partial charge in [0.2, 0.25) is 0 Å². The van der Waals surface area contributed by atoms with Crippen LogP contribution < -0.4 is 9.47 Å². The number of allylic oxidation sites excluding steroid dienone is 1. The minimum Gasteiger partial charge on any atom is -0.508 e. The van der Waals surface area contributed by atoms with Crippen molar-refractivity contribution < 1.29 is 19.0 Å². The summed E-state index contributed by atoms with van der Waals surface area (Å²) in [4.78, 5) is 2.28. The summed E-state index contributed by atoms with van der Waals surface area (Å²) < 4.78 is 24.2. The van der Waals surface area contributed by atoms with Crippen molar-refractivity contribution in [2.75, 3.05) is 33.4 Å². The quantitative estimate of drug-likeness (QED) is 0.355. The number of aromatic hydroxyl groups is 1. The number of benzene rings is 3. The van der Waals surface area contributed by atoms with Crippen molar-refractivity contribution in [3.63, 3.8) is 0 Å². The van der Waals surface area contributed by atoms with E-state index in [1.807, 2.05) is 24.3 Å². The summed E-state index contributed by atoms with van der Waals surface area (Å²) in [6, 6.07) is 22.4. The number of nitrogens with zero attached hydrogens (tertiary/aromatic N) is 1. The Hall–Kier alpha value is -3.31. The summed E-state index contributed by atoms with van der Waals surface area (Å²) in [5.41, 5.74) is 7.18. The average Bonchev–Trinajstić information content (AvgIpc) is 3.26. The zero-order chi connectivity index (χ0) is 24.9. The molecule has 0 amide bonds. The monoisotopic (exact) mass is 503 g/mol. The molecule has 3 aromatic carbocycles. The van der Waals surface area contributed by atoms with Crippen molar-refractivity contribution in [3.05, 3.63) is 89.0 Å². The first-order valence-electron chi connectivity index (χ1n) is 12.9. The van der Waals surface area contributed by atoms with Gasteiger partial charge in [-0.3, -0.25) is 9.29 Å². The van der Waals surface area contributed by atoms with E-state index >= 15 is 0 Å². The highest BCUT2D eigenvalue weighted by atomic mass is 19.1. The van der Waals surface area contributed by atoms with Crippen molar-refractivity contribution >= 4 is 11.1 Å². The average molecular weight is 504 g/mol. The Morgan fingerprint density at radius 2 is 1.68 bits per heavy atom. The van der Waals surface area contributed by atoms with Crippen molar-refractivity contribution in [1.29, 1.82) is 0 Å². The molecule has 1 heterocycles. The standard InChI is InChI=1S/C31H34FNO3.CH4/c1-35-26-11-6-22(7-12-26)29-5-2-4-24-20-25(34)10-15-30(24)31(29)23-8-13-27(14-9-23)36-28-16-19-33(21-28)18-3-17-32;/h6-15,20,28,34H,2-5,16-19,21H2,1H3;1H4/t28-;/m0./s1. The third-order valence-corrected chi connectivity index (χ3v) is 7.25.